The third kappa shape index (κ3) is 23.5. The summed E-state index contributed by atoms with van der Waals surface area (Å²) in [6.45, 7) is 12.0. The van der Waals surface area contributed by atoms with Crippen LogP contribution in [-0.4, -0.2) is 263 Å². The molecule has 0 radical (unpaired) electrons. The van der Waals surface area contributed by atoms with Crippen molar-refractivity contribution in [2.45, 2.75) is 152 Å². The normalized spacial score (nSPS) is 17.5. The number of nitrogens with two attached hydrogens (primary N) is 3. The zero-order chi connectivity index (χ0) is 92.7. The number of nitrogens with one attached hydrogen (secondary N) is 6. The molecule has 8 aliphatic rings. The van der Waals surface area contributed by atoms with Crippen molar-refractivity contribution in [1.82, 2.24) is 115 Å². The number of fused-ring (bicyclic) bond motifs is 6. The van der Waals surface area contributed by atoms with Gasteiger partial charge in [0.15, 0.2) is 39.9 Å². The Hall–Kier alpha value is -12.4. The van der Waals surface area contributed by atoms with Crippen LogP contribution in [0.4, 0.5) is 29.3 Å². The highest BCUT2D eigenvalue weighted by Crippen LogP contribution is 2.34. The van der Waals surface area contributed by atoms with Crippen LogP contribution in [0.15, 0.2) is 63.2 Å². The van der Waals surface area contributed by atoms with E-state index < -0.39 is 41.7 Å². The predicted molar refractivity (Wildman–Crippen MR) is 457 cm³/mol. The molecule has 21 rings (SSSR count). The van der Waals surface area contributed by atoms with Crippen molar-refractivity contribution in [1.29, 1.82) is 5.26 Å². The number of rotatable bonds is 13. The first-order valence-corrected chi connectivity index (χ1v) is 43.7. The number of imidazole rings is 2. The molecule has 13 aromatic rings. The molecule has 8 saturated heterocycles. The van der Waals surface area contributed by atoms with Crippen LogP contribution in [0.2, 0.25) is 15.7 Å². The average Bonchev–Trinajstić information content (AvgIpc) is 1.58. The molecule has 48 nitrogen and oxygen atoms in total. The van der Waals surface area contributed by atoms with E-state index in [1.807, 2.05) is 14.3 Å². The van der Waals surface area contributed by atoms with E-state index in [2.05, 4.69) is 107 Å². The van der Waals surface area contributed by atoms with Crippen molar-refractivity contribution in [2.24, 2.45) is 16.6 Å². The van der Waals surface area contributed by atoms with Gasteiger partial charge in [-0.05, 0) is 112 Å². The van der Waals surface area contributed by atoms with E-state index in [4.69, 9.17) is 110 Å². The molecule has 702 valence electrons. The number of primary amides is 2. The lowest BCUT2D eigenvalue weighted by molar-refractivity contribution is -0.760. The van der Waals surface area contributed by atoms with Crippen LogP contribution >= 0.6 is 34.8 Å². The van der Waals surface area contributed by atoms with Crippen LogP contribution in [0.25, 0.3) is 88.8 Å². The molecule has 55 heteroatoms. The van der Waals surface area contributed by atoms with Gasteiger partial charge in [0.2, 0.25) is 5.91 Å². The maximum Gasteiger partial charge on any atom is 0.384 e. The number of azide groups is 1. The number of morpholine rings is 1. The number of aromatic nitrogens is 27. The fourth-order valence-corrected chi connectivity index (χ4v) is 16.1. The number of carbonyl (C=O) groups excluding carboxylic acids is 2. The number of aliphatic hydroxyl groups excluding tert-OH is 1. The molecule has 132 heavy (non-hydrogen) atoms. The third-order valence-corrected chi connectivity index (χ3v) is 22.8. The molecule has 2 aromatic carbocycles. The molecule has 8 aliphatic heterocycles. The number of carbonyl (C=O) groups is 2. The van der Waals surface area contributed by atoms with Gasteiger partial charge in [-0.1, -0.05) is 61.1 Å². The molecule has 11 aromatic heterocycles. The molecule has 0 saturated carbocycles. The Balaban J connectivity index is 0.000000128. The van der Waals surface area contributed by atoms with Crippen molar-refractivity contribution in [3.8, 4) is 17.7 Å². The highest BCUT2D eigenvalue weighted by molar-refractivity contribution is 6.35. The Kier molecular flexibility index (Phi) is 33.4. The Labute approximate surface area is 759 Å². The summed E-state index contributed by atoms with van der Waals surface area (Å²) in [5, 5.41) is 56.5. The minimum atomic E-state index is -2.79. The number of amides is 2. The Morgan fingerprint density at radius 1 is 0.545 bits per heavy atom. The second-order valence-electron chi connectivity index (χ2n) is 30.7. The molecule has 0 atom stereocenters. The summed E-state index contributed by atoms with van der Waals surface area (Å²) in [6.07, 6.45) is 5.89. The second kappa shape index (κ2) is 46.1. The standard InChI is InChI=1S/C21H22F2N8O2.C17H14ClF2N7O.C9H9Cl2N5O.C9H11N5O3.C8H13N5O2.C5H9N3O.C5H10O2.C3H4N2O/c22-17(23)20-24-14-3-1-2-4-15(14)30(20)18-16-19(26-21(25-18)29-7-11-33-12-8-29)31(28-27-16)13-5-9-32-10-6-13;18-17-22-14(26-11-4-2-1-3-10(11)21-16(26)13(19)20)12-15(23-17)27(25-24-12)9-5-7-28-8-6-9;10-7-6-8(13-9(11)12-7)16(15-14-6)5-1-3-17-4-2-5;15-8-6-7(10-9(16)11-8)14(13-12-6)5-1-3-17-4-2-5;9-7-6(8(10)14)11-12-13(7)5-1-3-15-4-2-5;6-8-7-5-1-3-9-4-2-5;6-5-1-3-7-4-2-5;4-2-1-3(5)6/h1-4,13,17H,5-12H2;1-4,9,13H,5-8H2;5H,1-4H2;5H,1-4H2,(H2,10,11,13,15,16);5H,1-4,9H2,(H2,10,14);5H,1-4H2;5-6H,1-4H2;1H2,(H2,5,6)/p+4. The first kappa shape index (κ1) is 95.7. The quantitative estimate of drug-likeness (QED) is 0.0134. The molecule has 0 unspecified atom stereocenters. The number of alkyl halides is 4. The molecule has 0 bridgehead atoms. The molecule has 8 fully saturated rings. The van der Waals surface area contributed by atoms with E-state index in [0.717, 1.165) is 130 Å². The Morgan fingerprint density at radius 2 is 0.962 bits per heavy atom. The second-order valence-corrected chi connectivity index (χ2v) is 31.8. The number of halogens is 7. The van der Waals surface area contributed by atoms with E-state index in [9.17, 15) is 36.7 Å². The zero-order valence-corrected chi connectivity index (χ0v) is 73.3. The van der Waals surface area contributed by atoms with Gasteiger partial charge in [-0.15, -0.1) is 26.0 Å². The summed E-state index contributed by atoms with van der Waals surface area (Å²) in [5.74, 6) is -0.852. The third-order valence-electron chi connectivity index (χ3n) is 22.2. The number of nitrogen functional groups attached to an aromatic ring is 1. The first-order chi connectivity index (χ1) is 64.1. The summed E-state index contributed by atoms with van der Waals surface area (Å²) < 4.78 is 110. The van der Waals surface area contributed by atoms with Gasteiger partial charge in [0.1, 0.15) is 30.6 Å². The Morgan fingerprint density at radius 3 is 1.41 bits per heavy atom. The number of aliphatic hydroxyl groups is 1. The van der Waals surface area contributed by atoms with E-state index in [1.54, 1.807) is 68.6 Å². The van der Waals surface area contributed by atoms with Gasteiger partial charge in [-0.25, -0.2) is 42.0 Å². The van der Waals surface area contributed by atoms with E-state index in [0.29, 0.717) is 146 Å². The SMILES string of the molecule is Clc1nc(Cl)c2n[nH][n+](C3CCOCC3)c2n1.FC(F)c1nc2ccccc2n1-c1nc(Cl)nc2c1n[nH][n+]2C1CCOCC1.FC(F)c1nc2ccccc2n1-c1nc(N2CCOCC2)nc2c1n[nH][n+]2C1CCOCC1.N#CCC(N)=O.NC(=O)c1nnn(C2CCOCC2)c1N.O=c1[nH]c(=O)c2n[nH][n+](C3CCOCC3)c2[nH]1.OC1CCOCC1.[N-]=[N+]=NC1CCOCC1. The maximum atomic E-state index is 14.1. The van der Waals surface area contributed by atoms with Crippen molar-refractivity contribution in [2.75, 3.05) is 129 Å². The van der Waals surface area contributed by atoms with Gasteiger partial charge in [-0.2, -0.15) is 38.9 Å². The minimum Gasteiger partial charge on any atom is -0.393 e. The highest BCUT2D eigenvalue weighted by atomic mass is 35.5. The summed E-state index contributed by atoms with van der Waals surface area (Å²) in [4.78, 5) is 87.1. The largest absolute Gasteiger partial charge is 0.393 e. The molecular formula is C77H96Cl3F4N35O13+4. The van der Waals surface area contributed by atoms with Crippen LogP contribution in [0.5, 0.6) is 0 Å². The van der Waals surface area contributed by atoms with Gasteiger partial charge in [-0.3, -0.25) is 28.5 Å². The minimum absolute atomic E-state index is 0.0430. The topological polar surface area (TPSA) is 622 Å². The lowest BCUT2D eigenvalue weighted by Gasteiger charge is -2.25. The smallest absolute Gasteiger partial charge is 0.384 e. The summed E-state index contributed by atoms with van der Waals surface area (Å²) in [7, 11) is 0. The molecule has 13 N–H and O–H groups in total. The van der Waals surface area contributed by atoms with Crippen LogP contribution in [0.1, 0.15) is 162 Å². The molecule has 2 amide bonds. The van der Waals surface area contributed by atoms with Crippen molar-refractivity contribution in [3.63, 3.8) is 0 Å². The number of H-pyrrole nitrogens is 6. The van der Waals surface area contributed by atoms with Gasteiger partial charge < -0.3 is 65.1 Å². The van der Waals surface area contributed by atoms with Crippen molar-refractivity contribution >= 4 is 125 Å². The van der Waals surface area contributed by atoms with Gasteiger partial charge in [0.25, 0.3) is 41.0 Å². The number of para-hydroxylation sites is 4. The predicted octanol–water partition coefficient (Wildman–Crippen LogP) is 5.23. The first-order valence-electron chi connectivity index (χ1n) is 42.5. The molecule has 19 heterocycles. The van der Waals surface area contributed by atoms with Gasteiger partial charge >= 0.3 is 50.2 Å². The lowest BCUT2D eigenvalue weighted by Crippen LogP contribution is -2.46. The summed E-state index contributed by atoms with van der Waals surface area (Å²) in [5.41, 5.74) is 28.0. The number of hydrogen-bond acceptors (Lipinski definition) is 31. The Bertz CT molecular complexity index is 6270. The van der Waals surface area contributed by atoms with E-state index >= 15 is 0 Å². The van der Waals surface area contributed by atoms with Gasteiger partial charge in [0.05, 0.1) is 53.5 Å². The van der Waals surface area contributed by atoms with Crippen LogP contribution in [0, 0.1) is 11.3 Å². The number of anilines is 2. The number of aromatic amines is 6. The number of hydrogen-bond donors (Lipinski definition) is 10. The molecular weight excluding hydrogens is 1810 g/mol. The van der Waals surface area contributed by atoms with E-state index in [-0.39, 0.29) is 99.0 Å². The van der Waals surface area contributed by atoms with Gasteiger partial charge in [0, 0.05) is 168 Å². The molecule has 0 spiro atoms. The van der Waals surface area contributed by atoms with Crippen LogP contribution in [-0.2, 0) is 42.7 Å². The number of ether oxygens (including phenoxy) is 8. The fourth-order valence-electron chi connectivity index (χ4n) is 15.5. The number of nitriles is 1. The number of benzene rings is 2. The maximum absolute atomic E-state index is 14.1. The summed E-state index contributed by atoms with van der Waals surface area (Å²) in [6, 6.07) is 16.5. The average molecular weight is 1900 g/mol. The van der Waals surface area contributed by atoms with E-state index in [1.165, 1.54) is 9.13 Å². The van der Waals surface area contributed by atoms with Crippen molar-refractivity contribution < 1.29 is 88.9 Å². The lowest BCUT2D eigenvalue weighted by atomic mass is 10.1. The number of nitrogens with zero attached hydrogens (tertiary/aromatic N) is 26. The zero-order valence-electron chi connectivity index (χ0n) is 71.0. The van der Waals surface area contributed by atoms with Crippen LogP contribution in [0.3, 0.4) is 0 Å². The van der Waals surface area contributed by atoms with Crippen LogP contribution < -0.4 is 52.1 Å². The fraction of sp³-hybridized carbons (Fsp3) is 0.545. The summed E-state index contributed by atoms with van der Waals surface area (Å²) >= 11 is 17.9. The molecule has 0 aliphatic carbocycles. The highest BCUT2D eigenvalue weighted by Gasteiger charge is 2.37. The van der Waals surface area contributed by atoms with Crippen molar-refractivity contribution in [3.05, 3.63) is 113 Å². The monoisotopic (exact) mass is 1900 g/mol.